The van der Waals surface area contributed by atoms with E-state index >= 15 is 0 Å². The van der Waals surface area contributed by atoms with Gasteiger partial charge in [-0.25, -0.2) is 0 Å². The molecule has 2 heteroatoms. The van der Waals surface area contributed by atoms with Crippen LogP contribution in [0.15, 0.2) is 60.7 Å². The second kappa shape index (κ2) is 6.68. The van der Waals surface area contributed by atoms with Gasteiger partial charge in [0.25, 0.3) is 0 Å². The van der Waals surface area contributed by atoms with Crippen LogP contribution in [0.2, 0.25) is 0 Å². The number of carbonyl (C=O) groups excluding carboxylic acids is 1. The largest absolute Gasteiger partial charge is 0.300 e. The van der Waals surface area contributed by atoms with E-state index in [0.29, 0.717) is 24.7 Å². The molecule has 0 amide bonds. The molecule has 1 atom stereocenters. The number of Topliss-reactive ketones (excluding diaryl/α,β-unsaturated/α-hetero) is 1. The van der Waals surface area contributed by atoms with Crippen LogP contribution in [0.25, 0.3) is 0 Å². The molecule has 0 bridgehead atoms. The predicted octanol–water partition coefficient (Wildman–Crippen LogP) is 3.46. The fourth-order valence-electron chi connectivity index (χ4n) is 3.06. The molecule has 2 aromatic carbocycles. The average Bonchev–Trinajstić information content (AvgIpc) is 2.52. The Morgan fingerprint density at radius 2 is 1.52 bits per heavy atom. The van der Waals surface area contributed by atoms with Crippen LogP contribution >= 0.6 is 0 Å². The lowest BCUT2D eigenvalue weighted by molar-refractivity contribution is -0.123. The van der Waals surface area contributed by atoms with Gasteiger partial charge in [0.05, 0.1) is 0 Å². The van der Waals surface area contributed by atoms with Gasteiger partial charge in [0.1, 0.15) is 5.78 Å². The molecule has 1 fully saturated rings. The molecule has 0 spiro atoms. The Morgan fingerprint density at radius 1 is 0.905 bits per heavy atom. The lowest BCUT2D eigenvalue weighted by Gasteiger charge is -2.35. The number of piperidine rings is 1. The topological polar surface area (TPSA) is 20.3 Å². The monoisotopic (exact) mass is 279 g/mol. The van der Waals surface area contributed by atoms with Crippen LogP contribution in [0.3, 0.4) is 0 Å². The minimum Gasteiger partial charge on any atom is -0.300 e. The van der Waals surface area contributed by atoms with Crippen LogP contribution in [0, 0.1) is 0 Å². The Bertz CT molecular complexity index is 579. The van der Waals surface area contributed by atoms with Crippen molar-refractivity contribution >= 4 is 5.78 Å². The van der Waals surface area contributed by atoms with Crippen molar-refractivity contribution in [3.63, 3.8) is 0 Å². The van der Waals surface area contributed by atoms with E-state index in [1.165, 1.54) is 11.1 Å². The third kappa shape index (κ3) is 3.79. The van der Waals surface area contributed by atoms with E-state index in [1.807, 2.05) is 12.1 Å². The Hall–Kier alpha value is -1.93. The Labute approximate surface area is 126 Å². The van der Waals surface area contributed by atoms with E-state index < -0.39 is 0 Å². The molecule has 2 nitrogen and oxygen atoms in total. The van der Waals surface area contributed by atoms with Crippen molar-refractivity contribution in [2.45, 2.75) is 31.8 Å². The minimum absolute atomic E-state index is 0.328. The number of hydrogen-bond acceptors (Lipinski definition) is 2. The first-order valence-corrected chi connectivity index (χ1v) is 7.65. The predicted molar refractivity (Wildman–Crippen MR) is 85.0 cm³/mol. The van der Waals surface area contributed by atoms with Gasteiger partial charge < -0.3 is 0 Å². The van der Waals surface area contributed by atoms with Gasteiger partial charge in [-0.1, -0.05) is 60.7 Å². The summed E-state index contributed by atoms with van der Waals surface area (Å²) in [6.07, 6.45) is 2.33. The van der Waals surface area contributed by atoms with Gasteiger partial charge in [-0.05, 0) is 17.5 Å². The summed E-state index contributed by atoms with van der Waals surface area (Å²) in [5.74, 6) is 0.403. The standard InChI is InChI=1S/C19H21NO/c21-19-11-12-20(15-17-9-5-2-6-10-17)18(14-19)13-16-7-3-1-4-8-16/h1-10,18H,11-15H2. The number of hydrogen-bond donors (Lipinski definition) is 0. The van der Waals surface area contributed by atoms with Gasteiger partial charge in [-0.15, -0.1) is 0 Å². The summed E-state index contributed by atoms with van der Waals surface area (Å²) in [6, 6.07) is 21.3. The van der Waals surface area contributed by atoms with Crippen molar-refractivity contribution in [2.75, 3.05) is 6.54 Å². The van der Waals surface area contributed by atoms with Crippen molar-refractivity contribution in [3.8, 4) is 0 Å². The highest BCUT2D eigenvalue weighted by molar-refractivity contribution is 5.80. The van der Waals surface area contributed by atoms with Crippen molar-refractivity contribution < 1.29 is 4.79 Å². The van der Waals surface area contributed by atoms with E-state index in [9.17, 15) is 4.79 Å². The normalized spacial score (nSPS) is 19.6. The maximum absolute atomic E-state index is 11.8. The first-order valence-electron chi connectivity index (χ1n) is 7.65. The van der Waals surface area contributed by atoms with E-state index in [-0.39, 0.29) is 0 Å². The van der Waals surface area contributed by atoms with E-state index in [0.717, 1.165) is 19.5 Å². The molecule has 0 radical (unpaired) electrons. The molecule has 1 unspecified atom stereocenters. The van der Waals surface area contributed by atoms with Crippen molar-refractivity contribution in [2.24, 2.45) is 0 Å². The van der Waals surface area contributed by atoms with Crippen molar-refractivity contribution in [3.05, 3.63) is 71.8 Å². The fraction of sp³-hybridized carbons (Fsp3) is 0.316. The van der Waals surface area contributed by atoms with Gasteiger partial charge >= 0.3 is 0 Å². The molecular weight excluding hydrogens is 258 g/mol. The number of nitrogens with zero attached hydrogens (tertiary/aromatic N) is 1. The smallest absolute Gasteiger partial charge is 0.135 e. The molecule has 1 aliphatic rings. The van der Waals surface area contributed by atoms with Gasteiger partial charge in [0, 0.05) is 32.0 Å². The van der Waals surface area contributed by atoms with Crippen LogP contribution in [-0.4, -0.2) is 23.3 Å². The SMILES string of the molecule is O=C1CCN(Cc2ccccc2)C(Cc2ccccc2)C1. The van der Waals surface area contributed by atoms with Gasteiger partial charge in [-0.3, -0.25) is 9.69 Å². The van der Waals surface area contributed by atoms with Gasteiger partial charge in [0.2, 0.25) is 0 Å². The highest BCUT2D eigenvalue weighted by Gasteiger charge is 2.26. The maximum atomic E-state index is 11.8. The number of benzene rings is 2. The summed E-state index contributed by atoms with van der Waals surface area (Å²) in [5, 5.41) is 0. The molecule has 1 aliphatic heterocycles. The molecule has 0 saturated carbocycles. The number of rotatable bonds is 4. The average molecular weight is 279 g/mol. The zero-order valence-electron chi connectivity index (χ0n) is 12.2. The van der Waals surface area contributed by atoms with Crippen LogP contribution in [0.5, 0.6) is 0 Å². The molecule has 21 heavy (non-hydrogen) atoms. The van der Waals surface area contributed by atoms with E-state index in [1.54, 1.807) is 0 Å². The van der Waals surface area contributed by atoms with Crippen LogP contribution in [0.4, 0.5) is 0 Å². The lowest BCUT2D eigenvalue weighted by atomic mass is 9.94. The van der Waals surface area contributed by atoms with Crippen LogP contribution in [-0.2, 0) is 17.8 Å². The van der Waals surface area contributed by atoms with Crippen LogP contribution in [0.1, 0.15) is 24.0 Å². The van der Waals surface area contributed by atoms with E-state index in [2.05, 4.69) is 53.4 Å². The molecule has 3 rings (SSSR count). The van der Waals surface area contributed by atoms with Crippen molar-refractivity contribution in [1.82, 2.24) is 4.90 Å². The van der Waals surface area contributed by atoms with Gasteiger partial charge in [0.15, 0.2) is 0 Å². The second-order valence-corrected chi connectivity index (χ2v) is 5.79. The summed E-state index contributed by atoms with van der Waals surface area (Å²) in [5.41, 5.74) is 2.64. The minimum atomic E-state index is 0.328. The third-order valence-electron chi connectivity index (χ3n) is 4.20. The first-order chi connectivity index (χ1) is 10.3. The number of carbonyl (C=O) groups is 1. The molecule has 2 aromatic rings. The second-order valence-electron chi connectivity index (χ2n) is 5.79. The highest BCUT2D eigenvalue weighted by atomic mass is 16.1. The zero-order chi connectivity index (χ0) is 14.5. The molecule has 0 aliphatic carbocycles. The van der Waals surface area contributed by atoms with Crippen molar-refractivity contribution in [1.29, 1.82) is 0 Å². The Balaban J connectivity index is 1.72. The Kier molecular flexibility index (Phi) is 4.46. The molecule has 0 N–H and O–H groups in total. The molecular formula is C19H21NO. The summed E-state index contributed by atoms with van der Waals surface area (Å²) in [4.78, 5) is 14.3. The number of ketones is 1. The Morgan fingerprint density at radius 3 is 2.19 bits per heavy atom. The molecule has 1 saturated heterocycles. The van der Waals surface area contributed by atoms with Crippen LogP contribution < -0.4 is 0 Å². The molecule has 0 aromatic heterocycles. The highest BCUT2D eigenvalue weighted by Crippen LogP contribution is 2.21. The quantitative estimate of drug-likeness (QED) is 0.854. The third-order valence-corrected chi connectivity index (χ3v) is 4.20. The fourth-order valence-corrected chi connectivity index (χ4v) is 3.06. The van der Waals surface area contributed by atoms with E-state index in [4.69, 9.17) is 0 Å². The first kappa shape index (κ1) is 14.0. The summed E-state index contributed by atoms with van der Waals surface area (Å²) >= 11 is 0. The molecule has 108 valence electrons. The summed E-state index contributed by atoms with van der Waals surface area (Å²) in [6.45, 7) is 1.82. The summed E-state index contributed by atoms with van der Waals surface area (Å²) < 4.78 is 0. The lowest BCUT2D eigenvalue weighted by Crippen LogP contribution is -2.43. The zero-order valence-corrected chi connectivity index (χ0v) is 12.2. The number of likely N-dealkylation sites (tertiary alicyclic amines) is 1. The summed E-state index contributed by atoms with van der Waals surface area (Å²) in [7, 11) is 0. The maximum Gasteiger partial charge on any atom is 0.135 e. The molecule has 1 heterocycles. The van der Waals surface area contributed by atoms with Gasteiger partial charge in [-0.2, -0.15) is 0 Å².